The summed E-state index contributed by atoms with van der Waals surface area (Å²) in [5, 5.41) is 11.9. The van der Waals surface area contributed by atoms with Crippen molar-refractivity contribution >= 4 is 17.3 Å². The van der Waals surface area contributed by atoms with Gasteiger partial charge in [-0.25, -0.2) is 0 Å². The third kappa shape index (κ3) is 2.72. The number of nitrogens with one attached hydrogen (secondary N) is 1. The molecule has 0 heterocycles. The largest absolute Gasteiger partial charge is 0.399 e. The quantitative estimate of drug-likeness (QED) is 0.847. The van der Waals surface area contributed by atoms with Gasteiger partial charge in [0.2, 0.25) is 5.91 Å². The third-order valence-electron chi connectivity index (χ3n) is 3.78. The summed E-state index contributed by atoms with van der Waals surface area (Å²) in [6.07, 6.45) is 0.854. The molecule has 2 aromatic rings. The van der Waals surface area contributed by atoms with Crippen LogP contribution in [0.4, 0.5) is 11.4 Å². The molecule has 1 amide bonds. The lowest BCUT2D eigenvalue weighted by Gasteiger charge is -2.07. The van der Waals surface area contributed by atoms with E-state index in [1.807, 2.05) is 36.4 Å². The van der Waals surface area contributed by atoms with Crippen molar-refractivity contribution in [2.24, 2.45) is 5.92 Å². The number of nitrogens with two attached hydrogens (primary N) is 1. The van der Waals surface area contributed by atoms with Crippen molar-refractivity contribution in [3.8, 4) is 6.07 Å². The van der Waals surface area contributed by atoms with E-state index in [-0.39, 0.29) is 17.7 Å². The summed E-state index contributed by atoms with van der Waals surface area (Å²) < 4.78 is 0. The number of benzene rings is 2. The Kier molecular flexibility index (Phi) is 3.33. The van der Waals surface area contributed by atoms with Gasteiger partial charge in [0, 0.05) is 11.6 Å². The predicted octanol–water partition coefficient (Wildman–Crippen LogP) is 2.88. The second kappa shape index (κ2) is 5.29. The molecular weight excluding hydrogens is 262 g/mol. The highest BCUT2D eigenvalue weighted by Gasteiger charge is 2.43. The normalized spacial score (nSPS) is 19.6. The molecule has 0 spiro atoms. The van der Waals surface area contributed by atoms with Crippen LogP contribution in [0, 0.1) is 17.2 Å². The lowest BCUT2D eigenvalue weighted by molar-refractivity contribution is -0.117. The molecule has 1 saturated carbocycles. The first kappa shape index (κ1) is 13.2. The number of carbonyl (C=O) groups is 1. The molecule has 0 aromatic heterocycles. The molecule has 2 atom stereocenters. The van der Waals surface area contributed by atoms with E-state index in [0.29, 0.717) is 16.9 Å². The Hall–Kier alpha value is -2.80. The molecule has 0 bridgehead atoms. The Bertz CT molecular complexity index is 719. The number of rotatable bonds is 3. The van der Waals surface area contributed by atoms with E-state index >= 15 is 0 Å². The van der Waals surface area contributed by atoms with Crippen LogP contribution < -0.4 is 11.1 Å². The first-order valence-corrected chi connectivity index (χ1v) is 6.84. The van der Waals surface area contributed by atoms with Crippen LogP contribution in [0.1, 0.15) is 23.5 Å². The molecule has 0 radical (unpaired) electrons. The summed E-state index contributed by atoms with van der Waals surface area (Å²) >= 11 is 0. The second-order valence-electron chi connectivity index (χ2n) is 5.27. The maximum Gasteiger partial charge on any atom is 0.228 e. The van der Waals surface area contributed by atoms with Gasteiger partial charge >= 0.3 is 0 Å². The summed E-state index contributed by atoms with van der Waals surface area (Å²) in [4.78, 5) is 12.3. The molecule has 4 heteroatoms. The van der Waals surface area contributed by atoms with Crippen molar-refractivity contribution in [1.82, 2.24) is 0 Å². The molecule has 4 nitrogen and oxygen atoms in total. The Labute approximate surface area is 123 Å². The number of hydrogen-bond donors (Lipinski definition) is 2. The highest BCUT2D eigenvalue weighted by Crippen LogP contribution is 2.47. The average molecular weight is 277 g/mol. The van der Waals surface area contributed by atoms with Gasteiger partial charge < -0.3 is 11.1 Å². The minimum Gasteiger partial charge on any atom is -0.399 e. The van der Waals surface area contributed by atoms with Crippen LogP contribution in [0.15, 0.2) is 48.5 Å². The number of hydrogen-bond acceptors (Lipinski definition) is 3. The number of amides is 1. The molecule has 0 aliphatic heterocycles. The minimum absolute atomic E-state index is 0.0171. The van der Waals surface area contributed by atoms with E-state index in [4.69, 9.17) is 11.0 Å². The van der Waals surface area contributed by atoms with Crippen molar-refractivity contribution in [3.05, 3.63) is 59.7 Å². The van der Waals surface area contributed by atoms with E-state index in [1.165, 1.54) is 5.56 Å². The Morgan fingerprint density at radius 3 is 2.71 bits per heavy atom. The maximum absolute atomic E-state index is 12.3. The maximum atomic E-state index is 12.3. The molecule has 2 aromatic carbocycles. The van der Waals surface area contributed by atoms with Crippen molar-refractivity contribution in [1.29, 1.82) is 5.26 Å². The fraction of sp³-hybridized carbons (Fsp3) is 0.176. The van der Waals surface area contributed by atoms with Crippen LogP contribution in [0.3, 0.4) is 0 Å². The second-order valence-corrected chi connectivity index (χ2v) is 5.27. The van der Waals surface area contributed by atoms with Crippen molar-refractivity contribution in [2.45, 2.75) is 12.3 Å². The number of nitriles is 1. The van der Waals surface area contributed by atoms with E-state index in [9.17, 15) is 4.79 Å². The van der Waals surface area contributed by atoms with Gasteiger partial charge in [-0.15, -0.1) is 0 Å². The smallest absolute Gasteiger partial charge is 0.228 e. The molecule has 21 heavy (non-hydrogen) atoms. The summed E-state index contributed by atoms with van der Waals surface area (Å²) in [5.41, 5.74) is 8.26. The summed E-state index contributed by atoms with van der Waals surface area (Å²) in [6.45, 7) is 0. The van der Waals surface area contributed by atoms with Crippen molar-refractivity contribution in [3.63, 3.8) is 0 Å². The van der Waals surface area contributed by atoms with Gasteiger partial charge in [0.25, 0.3) is 0 Å². The van der Waals surface area contributed by atoms with Gasteiger partial charge in [-0.3, -0.25) is 4.79 Å². The zero-order chi connectivity index (χ0) is 14.8. The van der Waals surface area contributed by atoms with Crippen LogP contribution >= 0.6 is 0 Å². The highest BCUT2D eigenvalue weighted by atomic mass is 16.2. The molecular formula is C17H15N3O. The number of nitrogens with zero attached hydrogens (tertiary/aromatic N) is 1. The van der Waals surface area contributed by atoms with Crippen LogP contribution in [0.2, 0.25) is 0 Å². The fourth-order valence-corrected chi connectivity index (χ4v) is 2.54. The summed E-state index contributed by atoms with van der Waals surface area (Å²) in [6, 6.07) is 17.0. The first-order chi connectivity index (χ1) is 10.2. The van der Waals surface area contributed by atoms with Crippen LogP contribution in [0.5, 0.6) is 0 Å². The molecule has 3 rings (SSSR count). The Morgan fingerprint density at radius 2 is 2.00 bits per heavy atom. The third-order valence-corrected chi connectivity index (χ3v) is 3.78. The van der Waals surface area contributed by atoms with E-state index in [0.717, 1.165) is 6.42 Å². The molecule has 3 N–H and O–H groups in total. The van der Waals surface area contributed by atoms with Gasteiger partial charge in [0.15, 0.2) is 0 Å². The summed E-state index contributed by atoms with van der Waals surface area (Å²) in [5.74, 6) is 0.229. The monoisotopic (exact) mass is 277 g/mol. The van der Waals surface area contributed by atoms with Crippen LogP contribution in [-0.2, 0) is 4.79 Å². The highest BCUT2D eigenvalue weighted by molar-refractivity contribution is 5.96. The number of nitrogen functional groups attached to an aromatic ring is 1. The molecule has 0 saturated heterocycles. The standard InChI is InChI=1S/C17H15N3O/c18-10-12-8-13(19)6-7-16(12)20-17(21)15-9-14(15)11-4-2-1-3-5-11/h1-8,14-15H,9,19H2,(H,20,21). The number of anilines is 2. The Balaban J connectivity index is 1.70. The summed E-state index contributed by atoms with van der Waals surface area (Å²) in [7, 11) is 0. The molecule has 1 aliphatic carbocycles. The van der Waals surface area contributed by atoms with Crippen LogP contribution in [0.25, 0.3) is 0 Å². The van der Waals surface area contributed by atoms with Crippen molar-refractivity contribution in [2.75, 3.05) is 11.1 Å². The van der Waals surface area contributed by atoms with Gasteiger partial charge in [-0.2, -0.15) is 5.26 Å². The molecule has 1 aliphatic rings. The molecule has 104 valence electrons. The first-order valence-electron chi connectivity index (χ1n) is 6.84. The number of carbonyl (C=O) groups excluding carboxylic acids is 1. The Morgan fingerprint density at radius 1 is 1.24 bits per heavy atom. The van der Waals surface area contributed by atoms with Gasteiger partial charge in [-0.1, -0.05) is 30.3 Å². The van der Waals surface area contributed by atoms with E-state index in [2.05, 4.69) is 5.32 Å². The lowest BCUT2D eigenvalue weighted by Crippen LogP contribution is -2.15. The van der Waals surface area contributed by atoms with E-state index in [1.54, 1.807) is 18.2 Å². The topological polar surface area (TPSA) is 78.9 Å². The molecule has 1 fully saturated rings. The SMILES string of the molecule is N#Cc1cc(N)ccc1NC(=O)C1CC1c1ccccc1. The minimum atomic E-state index is -0.0369. The molecule has 2 unspecified atom stereocenters. The lowest BCUT2D eigenvalue weighted by atomic mass is 10.1. The fourth-order valence-electron chi connectivity index (χ4n) is 2.54. The predicted molar refractivity (Wildman–Crippen MR) is 81.5 cm³/mol. The van der Waals surface area contributed by atoms with Gasteiger partial charge in [0.05, 0.1) is 11.3 Å². The zero-order valence-electron chi connectivity index (χ0n) is 11.4. The van der Waals surface area contributed by atoms with Gasteiger partial charge in [-0.05, 0) is 36.1 Å². The van der Waals surface area contributed by atoms with E-state index < -0.39 is 0 Å². The zero-order valence-corrected chi connectivity index (χ0v) is 11.4. The average Bonchev–Trinajstić information content (AvgIpc) is 3.30. The van der Waals surface area contributed by atoms with Crippen molar-refractivity contribution < 1.29 is 4.79 Å². The van der Waals surface area contributed by atoms with Gasteiger partial charge in [0.1, 0.15) is 6.07 Å². The van der Waals surface area contributed by atoms with Crippen LogP contribution in [-0.4, -0.2) is 5.91 Å².